The van der Waals surface area contributed by atoms with E-state index >= 15 is 0 Å². The molecule has 136 valence electrons. The zero-order valence-electron chi connectivity index (χ0n) is 12.8. The van der Waals surface area contributed by atoms with Crippen molar-refractivity contribution in [1.29, 1.82) is 0 Å². The lowest BCUT2D eigenvalue weighted by molar-refractivity contribution is -0.361. The summed E-state index contributed by atoms with van der Waals surface area (Å²) in [6.07, 6.45) is -12.9. The highest BCUT2D eigenvalue weighted by Crippen LogP contribution is 2.29. The molecule has 2 rings (SSSR count). The molecule has 2 fully saturated rings. The van der Waals surface area contributed by atoms with E-state index in [0.29, 0.717) is 0 Å². The van der Waals surface area contributed by atoms with Gasteiger partial charge in [-0.05, 0) is 6.92 Å². The summed E-state index contributed by atoms with van der Waals surface area (Å²) in [5, 5.41) is 58.5. The van der Waals surface area contributed by atoms with Crippen LogP contribution in [0.5, 0.6) is 0 Å². The maximum atomic E-state index is 10.1. The minimum absolute atomic E-state index is 0.532. The van der Waals surface area contributed by atoms with E-state index in [1.165, 1.54) is 14.0 Å². The minimum atomic E-state index is -1.57. The Morgan fingerprint density at radius 2 is 1.48 bits per heavy atom. The number of ether oxygens (including phenoxy) is 4. The Hall–Kier alpha value is -0.400. The maximum Gasteiger partial charge on any atom is 0.187 e. The third kappa shape index (κ3) is 3.66. The lowest BCUT2D eigenvalue weighted by Gasteiger charge is -2.45. The fourth-order valence-electron chi connectivity index (χ4n) is 2.67. The fraction of sp³-hybridized carbons (Fsp3) is 1.00. The number of hydrogen-bond acceptors (Lipinski definition) is 10. The van der Waals surface area contributed by atoms with Gasteiger partial charge in [-0.2, -0.15) is 0 Å². The number of aliphatic hydroxyl groups is 6. The van der Waals surface area contributed by atoms with Gasteiger partial charge in [-0.1, -0.05) is 0 Å². The molecule has 10 nitrogen and oxygen atoms in total. The summed E-state index contributed by atoms with van der Waals surface area (Å²) in [6.45, 7) is 0.948. The van der Waals surface area contributed by atoms with Gasteiger partial charge in [-0.25, -0.2) is 0 Å². The average molecular weight is 341 g/mol. The average Bonchev–Trinajstić information content (AvgIpc) is 2.54. The Kier molecular flexibility index (Phi) is 6.30. The van der Waals surface area contributed by atoms with E-state index in [1.807, 2.05) is 0 Å². The second-order valence-electron chi connectivity index (χ2n) is 5.72. The Bertz CT molecular complexity index is 380. The largest absolute Gasteiger partial charge is 0.394 e. The summed E-state index contributed by atoms with van der Waals surface area (Å²) in [4.78, 5) is 0. The molecule has 0 aromatic heterocycles. The molecular formula is C13H24O10. The SMILES string of the molecule is C[C@@H]1O[C@@H](O[C@H]2[C@H](O[13CH3])O[C@H](CO)[C@H](O)[C@@H]2O)[C@@H](O)[C@H](O)[C@@H]1O. The number of aliphatic hydroxyl groups excluding tert-OH is 6. The van der Waals surface area contributed by atoms with Gasteiger partial charge in [0, 0.05) is 7.11 Å². The standard InChI is InChI=1S/C13H24O10/c1-4-6(15)8(17)10(19)12(21-4)23-11-9(18)7(16)5(3-14)22-13(11)20-2/h4-19H,3H2,1-2H3/t4-,5+,6+,7-,8+,9-,10-,11+,12-,13+/m0/s1/i2+1. The molecule has 10 heteroatoms. The van der Waals surface area contributed by atoms with Crippen LogP contribution in [0.4, 0.5) is 0 Å². The highest BCUT2D eigenvalue weighted by molar-refractivity contribution is 4.92. The fourth-order valence-corrected chi connectivity index (χ4v) is 2.67. The molecule has 0 bridgehead atoms. The second kappa shape index (κ2) is 7.66. The lowest BCUT2D eigenvalue weighted by Crippen LogP contribution is -2.64. The number of rotatable bonds is 4. The molecule has 0 unspecified atom stereocenters. The summed E-state index contributed by atoms with van der Waals surface area (Å²) < 4.78 is 21.0. The topological polar surface area (TPSA) is 158 Å². The van der Waals surface area contributed by atoms with Gasteiger partial charge in [-0.3, -0.25) is 0 Å². The third-order valence-electron chi connectivity index (χ3n) is 4.16. The molecule has 0 aromatic carbocycles. The van der Waals surface area contributed by atoms with Crippen LogP contribution in [-0.2, 0) is 18.9 Å². The Labute approximate surface area is 132 Å². The van der Waals surface area contributed by atoms with Crippen molar-refractivity contribution in [3.05, 3.63) is 0 Å². The first-order valence-electron chi connectivity index (χ1n) is 7.32. The zero-order chi connectivity index (χ0) is 17.3. The van der Waals surface area contributed by atoms with E-state index in [-0.39, 0.29) is 0 Å². The molecule has 0 radical (unpaired) electrons. The van der Waals surface area contributed by atoms with Gasteiger partial charge >= 0.3 is 0 Å². The highest BCUT2D eigenvalue weighted by atomic mass is 16.8. The van der Waals surface area contributed by atoms with Gasteiger partial charge < -0.3 is 49.6 Å². The van der Waals surface area contributed by atoms with Crippen LogP contribution in [0.1, 0.15) is 6.92 Å². The Morgan fingerprint density at radius 3 is 2.04 bits per heavy atom. The van der Waals surface area contributed by atoms with Crippen LogP contribution in [0.15, 0.2) is 0 Å². The van der Waals surface area contributed by atoms with E-state index in [0.717, 1.165) is 0 Å². The monoisotopic (exact) mass is 341 g/mol. The first-order valence-corrected chi connectivity index (χ1v) is 7.32. The van der Waals surface area contributed by atoms with Crippen LogP contribution in [0.25, 0.3) is 0 Å². The molecule has 2 saturated heterocycles. The molecule has 2 heterocycles. The van der Waals surface area contributed by atoms with Crippen LogP contribution in [0.2, 0.25) is 0 Å². The lowest BCUT2D eigenvalue weighted by atomic mass is 9.97. The third-order valence-corrected chi connectivity index (χ3v) is 4.16. The van der Waals surface area contributed by atoms with E-state index in [2.05, 4.69) is 0 Å². The van der Waals surface area contributed by atoms with E-state index in [9.17, 15) is 25.5 Å². The predicted octanol–water partition coefficient (Wildman–Crippen LogP) is -3.72. The van der Waals surface area contributed by atoms with Crippen LogP contribution in [0.3, 0.4) is 0 Å². The van der Waals surface area contributed by atoms with Crippen molar-refractivity contribution >= 4 is 0 Å². The minimum Gasteiger partial charge on any atom is -0.394 e. The van der Waals surface area contributed by atoms with Crippen LogP contribution < -0.4 is 0 Å². The van der Waals surface area contributed by atoms with Gasteiger partial charge in [0.25, 0.3) is 0 Å². The molecule has 2 aliphatic rings. The quantitative estimate of drug-likeness (QED) is 0.281. The van der Waals surface area contributed by atoms with Crippen molar-refractivity contribution in [3.63, 3.8) is 0 Å². The van der Waals surface area contributed by atoms with Gasteiger partial charge in [0.15, 0.2) is 12.6 Å². The smallest absolute Gasteiger partial charge is 0.187 e. The normalized spacial score (nSPS) is 51.7. The van der Waals surface area contributed by atoms with Crippen LogP contribution >= 0.6 is 0 Å². The molecule has 6 N–H and O–H groups in total. The molecule has 0 aliphatic carbocycles. The van der Waals surface area contributed by atoms with Crippen molar-refractivity contribution in [2.75, 3.05) is 13.7 Å². The van der Waals surface area contributed by atoms with E-state index in [1.54, 1.807) is 0 Å². The first-order chi connectivity index (χ1) is 10.8. The van der Waals surface area contributed by atoms with Crippen LogP contribution in [-0.4, -0.2) is 106 Å². The van der Waals surface area contributed by atoms with Crippen molar-refractivity contribution < 1.29 is 49.6 Å². The summed E-state index contributed by atoms with van der Waals surface area (Å²) in [6, 6.07) is 0. The molecule has 0 spiro atoms. The number of hydrogen-bond donors (Lipinski definition) is 6. The van der Waals surface area contributed by atoms with Crippen molar-refractivity contribution in [3.8, 4) is 0 Å². The van der Waals surface area contributed by atoms with Gasteiger partial charge in [0.2, 0.25) is 0 Å². The Morgan fingerprint density at radius 1 is 0.826 bits per heavy atom. The highest BCUT2D eigenvalue weighted by Gasteiger charge is 2.49. The van der Waals surface area contributed by atoms with Crippen molar-refractivity contribution in [2.24, 2.45) is 0 Å². The second-order valence-corrected chi connectivity index (χ2v) is 5.72. The summed E-state index contributed by atoms with van der Waals surface area (Å²) >= 11 is 0. The van der Waals surface area contributed by atoms with E-state index in [4.69, 9.17) is 24.1 Å². The van der Waals surface area contributed by atoms with Crippen molar-refractivity contribution in [1.82, 2.24) is 0 Å². The first kappa shape index (κ1) is 18.9. The summed E-state index contributed by atoms with van der Waals surface area (Å²) in [5.74, 6) is 0. The van der Waals surface area contributed by atoms with Gasteiger partial charge in [0.05, 0.1) is 12.7 Å². The molecule has 2 aliphatic heterocycles. The molecule has 0 amide bonds. The summed E-state index contributed by atoms with van der Waals surface area (Å²) in [7, 11) is 1.28. The molecule has 10 atom stereocenters. The van der Waals surface area contributed by atoms with Crippen LogP contribution in [0, 0.1) is 0 Å². The molecule has 0 saturated carbocycles. The molecule has 0 aromatic rings. The zero-order valence-corrected chi connectivity index (χ0v) is 12.8. The predicted molar refractivity (Wildman–Crippen MR) is 72.0 cm³/mol. The molecular weight excluding hydrogens is 317 g/mol. The van der Waals surface area contributed by atoms with Gasteiger partial charge in [0.1, 0.15) is 42.7 Å². The summed E-state index contributed by atoms with van der Waals surface area (Å²) in [5.41, 5.74) is 0. The van der Waals surface area contributed by atoms with E-state index < -0.39 is 68.0 Å². The Balaban J connectivity index is 2.10. The number of methoxy groups -OCH3 is 1. The van der Waals surface area contributed by atoms with Crippen molar-refractivity contribution in [2.45, 2.75) is 68.3 Å². The maximum absolute atomic E-state index is 10.1. The molecule has 23 heavy (non-hydrogen) atoms. The van der Waals surface area contributed by atoms with Gasteiger partial charge in [-0.15, -0.1) is 0 Å².